The van der Waals surface area contributed by atoms with Gasteiger partial charge < -0.3 is 14.8 Å². The van der Waals surface area contributed by atoms with Gasteiger partial charge in [0.25, 0.3) is 5.91 Å². The van der Waals surface area contributed by atoms with E-state index in [-0.39, 0.29) is 0 Å². The Balaban J connectivity index is 1.51. The first-order valence-corrected chi connectivity index (χ1v) is 12.2. The summed E-state index contributed by atoms with van der Waals surface area (Å²) >= 11 is 11.9. The molecule has 2 aromatic rings. The van der Waals surface area contributed by atoms with Crippen molar-refractivity contribution in [2.75, 3.05) is 42.8 Å². The van der Waals surface area contributed by atoms with Gasteiger partial charge in [0.15, 0.2) is 0 Å². The van der Waals surface area contributed by atoms with Crippen LogP contribution in [0.5, 0.6) is 0 Å². The average molecular weight is 492 g/mol. The van der Waals surface area contributed by atoms with Crippen molar-refractivity contribution < 1.29 is 10.0 Å². The first kappa shape index (κ1) is 25.3. The van der Waals surface area contributed by atoms with Gasteiger partial charge in [-0.25, -0.2) is 10.5 Å². The molecular weight excluding hydrogens is 461 g/mol. The number of aromatic nitrogens is 2. The molecule has 0 saturated carbocycles. The smallest absolute Gasteiger partial charge is 0.267 e. The van der Waals surface area contributed by atoms with Crippen LogP contribution in [0.2, 0.25) is 0 Å². The first-order valence-electron chi connectivity index (χ1n) is 11.1. The number of nitrogens with one attached hydrogen (secondary N) is 2. The number of aryl methyl sites for hydroxylation is 1. The summed E-state index contributed by atoms with van der Waals surface area (Å²) in [4.78, 5) is 18.1. The zero-order valence-electron chi connectivity index (χ0n) is 18.8. The summed E-state index contributed by atoms with van der Waals surface area (Å²) in [6, 6.07) is 6.33. The van der Waals surface area contributed by atoms with Crippen LogP contribution in [0, 0.1) is 5.92 Å². The maximum absolute atomic E-state index is 11.1. The van der Waals surface area contributed by atoms with E-state index in [1.165, 1.54) is 6.08 Å². The Hall–Kier alpha value is -2.32. The van der Waals surface area contributed by atoms with E-state index in [0.29, 0.717) is 17.7 Å². The van der Waals surface area contributed by atoms with Gasteiger partial charge in [-0.3, -0.25) is 10.0 Å². The van der Waals surface area contributed by atoms with Crippen molar-refractivity contribution in [3.8, 4) is 0 Å². The number of fused-ring (bicyclic) bond motifs is 1. The van der Waals surface area contributed by atoms with Crippen LogP contribution in [0.1, 0.15) is 12.2 Å². The molecule has 1 aromatic heterocycles. The third-order valence-corrected chi connectivity index (χ3v) is 6.06. The lowest BCUT2D eigenvalue weighted by Gasteiger charge is -2.22. The highest BCUT2D eigenvalue weighted by Gasteiger charge is 2.12. The number of hydroxylamine groups is 1. The molecular formula is C24H31Cl2N5O2. The van der Waals surface area contributed by atoms with Gasteiger partial charge in [-0.05, 0) is 42.2 Å². The minimum Gasteiger partial charge on any atom is -0.369 e. The molecule has 3 N–H and O–H groups in total. The number of rotatable bonds is 12. The first-order chi connectivity index (χ1) is 16.0. The maximum Gasteiger partial charge on any atom is 0.267 e. The van der Waals surface area contributed by atoms with Crippen molar-refractivity contribution in [2.45, 2.75) is 12.8 Å². The van der Waals surface area contributed by atoms with Crippen LogP contribution in [0.25, 0.3) is 11.0 Å². The quantitative estimate of drug-likeness (QED) is 0.139. The van der Waals surface area contributed by atoms with E-state index < -0.39 is 5.91 Å². The van der Waals surface area contributed by atoms with Crippen LogP contribution in [0.3, 0.4) is 0 Å². The highest BCUT2D eigenvalue weighted by molar-refractivity contribution is 6.18. The Labute approximate surface area is 204 Å². The SMILES string of the molecule is Cn1c(CCNCC2C=CC(/C=C/C(=O)NO)=CC2)nc2cc(N(CCCl)CCCl)ccc21. The highest BCUT2D eigenvalue weighted by Crippen LogP contribution is 2.23. The Morgan fingerprint density at radius 1 is 1.33 bits per heavy atom. The number of anilines is 1. The standard InChI is InChI=1S/C24H31Cl2N5O2/c1-30-22-8-7-20(31(14-11-25)15-12-26)16-21(22)28-23(30)10-13-27-17-19-4-2-18(3-5-19)6-9-24(32)29-33/h2-4,6-9,16,19,27,33H,5,10-15,17H2,1H3,(H,29,32)/b9-6+. The number of hydrogen-bond acceptors (Lipinski definition) is 5. The Morgan fingerprint density at radius 2 is 2.12 bits per heavy atom. The molecule has 1 atom stereocenters. The van der Waals surface area contributed by atoms with Crippen molar-refractivity contribution in [1.29, 1.82) is 0 Å². The van der Waals surface area contributed by atoms with Crippen molar-refractivity contribution in [1.82, 2.24) is 20.3 Å². The Morgan fingerprint density at radius 3 is 2.79 bits per heavy atom. The van der Waals surface area contributed by atoms with Crippen LogP contribution in [0.4, 0.5) is 5.69 Å². The van der Waals surface area contributed by atoms with E-state index in [0.717, 1.165) is 67.1 Å². The second-order valence-electron chi connectivity index (χ2n) is 7.95. The van der Waals surface area contributed by atoms with E-state index in [1.807, 2.05) is 6.08 Å². The van der Waals surface area contributed by atoms with Gasteiger partial charge in [0, 0.05) is 63.2 Å². The molecule has 0 spiro atoms. The van der Waals surface area contributed by atoms with E-state index in [9.17, 15) is 4.79 Å². The molecule has 1 aliphatic rings. The predicted molar refractivity (Wildman–Crippen MR) is 135 cm³/mol. The molecule has 3 rings (SSSR count). The molecule has 0 aliphatic heterocycles. The third-order valence-electron chi connectivity index (χ3n) is 5.72. The summed E-state index contributed by atoms with van der Waals surface area (Å²) < 4.78 is 2.15. The summed E-state index contributed by atoms with van der Waals surface area (Å²) in [7, 11) is 2.06. The molecule has 1 heterocycles. The number of halogens is 2. The second-order valence-corrected chi connectivity index (χ2v) is 8.70. The number of allylic oxidation sites excluding steroid dienone is 4. The fraction of sp³-hybridized carbons (Fsp3) is 0.417. The van der Waals surface area contributed by atoms with Crippen molar-refractivity contribution in [3.63, 3.8) is 0 Å². The third kappa shape index (κ3) is 7.08. The van der Waals surface area contributed by atoms with E-state index in [1.54, 1.807) is 11.6 Å². The fourth-order valence-corrected chi connectivity index (χ4v) is 4.29. The van der Waals surface area contributed by atoms with Gasteiger partial charge in [0.1, 0.15) is 5.82 Å². The van der Waals surface area contributed by atoms with Crippen molar-refractivity contribution in [2.24, 2.45) is 13.0 Å². The lowest BCUT2D eigenvalue weighted by Crippen LogP contribution is -2.27. The number of alkyl halides is 2. The van der Waals surface area contributed by atoms with Gasteiger partial charge in [-0.15, -0.1) is 23.2 Å². The Bertz CT molecular complexity index is 1030. The van der Waals surface area contributed by atoms with E-state index in [2.05, 4.69) is 52.2 Å². The van der Waals surface area contributed by atoms with Crippen molar-refractivity contribution >= 4 is 45.8 Å². The summed E-state index contributed by atoms with van der Waals surface area (Å²) in [5, 5.41) is 12.1. The number of imidazole rings is 1. The molecule has 1 aromatic carbocycles. The Kier molecular flexibility index (Phi) is 9.81. The summed E-state index contributed by atoms with van der Waals surface area (Å²) in [5.74, 6) is 2.03. The van der Waals surface area contributed by atoms with E-state index >= 15 is 0 Å². The summed E-state index contributed by atoms with van der Waals surface area (Å²) in [6.45, 7) is 3.22. The fourth-order valence-electron chi connectivity index (χ4n) is 3.89. The van der Waals surface area contributed by atoms with Crippen LogP contribution in [-0.4, -0.2) is 58.6 Å². The van der Waals surface area contributed by atoms with Gasteiger partial charge in [0.2, 0.25) is 0 Å². The molecule has 33 heavy (non-hydrogen) atoms. The largest absolute Gasteiger partial charge is 0.369 e. The number of amides is 1. The molecule has 1 amide bonds. The lowest BCUT2D eigenvalue weighted by atomic mass is 9.96. The van der Waals surface area contributed by atoms with Crippen LogP contribution >= 0.6 is 23.2 Å². The van der Waals surface area contributed by atoms with E-state index in [4.69, 9.17) is 33.4 Å². The van der Waals surface area contributed by atoms with Crippen LogP contribution < -0.4 is 15.7 Å². The van der Waals surface area contributed by atoms with Gasteiger partial charge in [-0.1, -0.05) is 18.2 Å². The molecule has 1 unspecified atom stereocenters. The molecule has 9 heteroatoms. The normalized spacial score (nSPS) is 15.9. The number of carbonyl (C=O) groups is 1. The minimum absolute atomic E-state index is 0.409. The maximum atomic E-state index is 11.1. The molecule has 178 valence electrons. The van der Waals surface area contributed by atoms with Gasteiger partial charge >= 0.3 is 0 Å². The molecule has 0 fully saturated rings. The molecule has 0 saturated heterocycles. The second kappa shape index (κ2) is 12.8. The van der Waals surface area contributed by atoms with Crippen molar-refractivity contribution in [3.05, 3.63) is 60.0 Å². The monoisotopic (exact) mass is 491 g/mol. The molecule has 0 radical (unpaired) electrons. The number of hydrogen-bond donors (Lipinski definition) is 3. The predicted octanol–water partition coefficient (Wildman–Crippen LogP) is 3.55. The van der Waals surface area contributed by atoms with Crippen LogP contribution in [-0.2, 0) is 18.3 Å². The lowest BCUT2D eigenvalue weighted by molar-refractivity contribution is -0.124. The summed E-state index contributed by atoms with van der Waals surface area (Å²) in [5.41, 5.74) is 5.73. The minimum atomic E-state index is -0.533. The van der Waals surface area contributed by atoms with Gasteiger partial charge in [0.05, 0.1) is 11.0 Å². The average Bonchev–Trinajstić information content (AvgIpc) is 3.15. The highest BCUT2D eigenvalue weighted by atomic mass is 35.5. The van der Waals surface area contributed by atoms with Gasteiger partial charge in [-0.2, -0.15) is 0 Å². The topological polar surface area (TPSA) is 82.4 Å². The number of nitrogens with zero attached hydrogens (tertiary/aromatic N) is 3. The zero-order chi connectivity index (χ0) is 23.6. The number of carbonyl (C=O) groups excluding carboxylic acids is 1. The van der Waals surface area contributed by atoms with Crippen LogP contribution in [0.15, 0.2) is 54.2 Å². The number of benzene rings is 1. The zero-order valence-corrected chi connectivity index (χ0v) is 20.3. The summed E-state index contributed by atoms with van der Waals surface area (Å²) in [6.07, 6.45) is 11.0. The molecule has 7 nitrogen and oxygen atoms in total. The molecule has 0 bridgehead atoms. The molecule has 1 aliphatic carbocycles.